The van der Waals surface area contributed by atoms with Crippen molar-refractivity contribution in [2.24, 2.45) is 24.3 Å². The highest BCUT2D eigenvalue weighted by Crippen LogP contribution is 2.62. The average molecular weight is 340 g/mol. The molecule has 2 N–H and O–H groups in total. The molecule has 0 radical (unpaired) electrons. The summed E-state index contributed by atoms with van der Waals surface area (Å²) in [5.41, 5.74) is 1.86. The number of amides is 1. The quantitative estimate of drug-likeness (QED) is 0.900. The molecular weight excluding hydrogens is 316 g/mol. The summed E-state index contributed by atoms with van der Waals surface area (Å²) in [4.78, 5) is 14.2. The Hall–Kier alpha value is -1.95. The molecule has 0 aliphatic heterocycles. The smallest absolute Gasteiger partial charge is 0.224 e. The number of fused-ring (bicyclic) bond motifs is 1. The Balaban J connectivity index is 1.33. The van der Waals surface area contributed by atoms with Crippen LogP contribution in [-0.4, -0.2) is 31.6 Å². The monoisotopic (exact) mass is 340 g/mol. The number of nitrogens with zero attached hydrogens (tertiary/aromatic N) is 3. The number of aryl methyl sites for hydroxylation is 1. The molecule has 2 aromatic rings. The first-order valence-electron chi connectivity index (χ1n) is 9.24. The SMILES string of the molecule is Cn1nc2ccc(NC(=O)CC34CC5CC(CC(O)(C5)C3)C4)cc2n1. The largest absolute Gasteiger partial charge is 0.390 e. The number of carbonyl (C=O) groups is 1. The third kappa shape index (κ3) is 2.63. The van der Waals surface area contributed by atoms with E-state index in [1.165, 1.54) is 11.2 Å². The van der Waals surface area contributed by atoms with E-state index in [1.807, 2.05) is 18.2 Å². The van der Waals surface area contributed by atoms with Crippen LogP contribution in [0.4, 0.5) is 5.69 Å². The zero-order valence-electron chi connectivity index (χ0n) is 14.5. The Bertz CT molecular complexity index is 844. The Morgan fingerprint density at radius 2 is 1.96 bits per heavy atom. The molecule has 4 saturated carbocycles. The van der Waals surface area contributed by atoms with Crippen molar-refractivity contribution in [3.05, 3.63) is 18.2 Å². The highest BCUT2D eigenvalue weighted by Gasteiger charge is 2.57. The lowest BCUT2D eigenvalue weighted by molar-refractivity contribution is -0.167. The Labute approximate surface area is 146 Å². The summed E-state index contributed by atoms with van der Waals surface area (Å²) in [5.74, 6) is 1.26. The second kappa shape index (κ2) is 5.04. The van der Waals surface area contributed by atoms with Gasteiger partial charge in [0.1, 0.15) is 11.0 Å². The fourth-order valence-corrected chi connectivity index (χ4v) is 6.25. The van der Waals surface area contributed by atoms with Gasteiger partial charge in [-0.3, -0.25) is 4.79 Å². The molecule has 25 heavy (non-hydrogen) atoms. The Morgan fingerprint density at radius 1 is 1.24 bits per heavy atom. The van der Waals surface area contributed by atoms with Gasteiger partial charge in [-0.1, -0.05) is 0 Å². The third-order valence-electron chi connectivity index (χ3n) is 6.45. The first-order chi connectivity index (χ1) is 11.9. The summed E-state index contributed by atoms with van der Waals surface area (Å²) in [6.07, 6.45) is 6.64. The summed E-state index contributed by atoms with van der Waals surface area (Å²) < 4.78 is 0. The summed E-state index contributed by atoms with van der Waals surface area (Å²) in [5, 5.41) is 22.4. The van der Waals surface area contributed by atoms with E-state index in [0.717, 1.165) is 48.8 Å². The second-order valence-electron chi connectivity index (χ2n) is 8.80. The fraction of sp³-hybridized carbons (Fsp3) is 0.632. The summed E-state index contributed by atoms with van der Waals surface area (Å²) in [7, 11) is 1.79. The lowest BCUT2D eigenvalue weighted by Crippen LogP contribution is -2.56. The number of aromatic nitrogens is 3. The van der Waals surface area contributed by atoms with Crippen molar-refractivity contribution >= 4 is 22.6 Å². The van der Waals surface area contributed by atoms with Crippen molar-refractivity contribution in [2.45, 2.75) is 50.5 Å². The molecule has 4 aliphatic rings. The normalized spacial score (nSPS) is 36.1. The number of carbonyl (C=O) groups excluding carboxylic acids is 1. The Morgan fingerprint density at radius 3 is 2.68 bits per heavy atom. The van der Waals surface area contributed by atoms with E-state index in [-0.39, 0.29) is 11.3 Å². The first kappa shape index (κ1) is 15.3. The van der Waals surface area contributed by atoms with Gasteiger partial charge in [0.05, 0.1) is 5.60 Å². The molecule has 4 fully saturated rings. The van der Waals surface area contributed by atoms with E-state index >= 15 is 0 Å². The van der Waals surface area contributed by atoms with Crippen LogP contribution in [-0.2, 0) is 11.8 Å². The minimum atomic E-state index is -0.511. The van der Waals surface area contributed by atoms with Gasteiger partial charge in [0.15, 0.2) is 0 Å². The minimum absolute atomic E-state index is 0.000426. The molecule has 0 saturated heterocycles. The zero-order valence-corrected chi connectivity index (χ0v) is 14.5. The minimum Gasteiger partial charge on any atom is -0.390 e. The van der Waals surface area contributed by atoms with Gasteiger partial charge in [-0.2, -0.15) is 15.0 Å². The van der Waals surface area contributed by atoms with Crippen molar-refractivity contribution in [1.82, 2.24) is 15.0 Å². The van der Waals surface area contributed by atoms with Gasteiger partial charge < -0.3 is 10.4 Å². The lowest BCUT2D eigenvalue weighted by atomic mass is 9.47. The molecule has 4 bridgehead atoms. The maximum Gasteiger partial charge on any atom is 0.224 e. The number of benzene rings is 1. The van der Waals surface area contributed by atoms with Crippen molar-refractivity contribution in [3.63, 3.8) is 0 Å². The topological polar surface area (TPSA) is 80.0 Å². The molecule has 6 rings (SSSR count). The first-order valence-corrected chi connectivity index (χ1v) is 9.24. The number of hydrogen-bond acceptors (Lipinski definition) is 4. The molecule has 6 nitrogen and oxygen atoms in total. The highest BCUT2D eigenvalue weighted by atomic mass is 16.3. The maximum atomic E-state index is 12.7. The number of anilines is 1. The van der Waals surface area contributed by atoms with E-state index in [0.29, 0.717) is 18.3 Å². The second-order valence-corrected chi connectivity index (χ2v) is 8.80. The number of rotatable bonds is 3. The van der Waals surface area contributed by atoms with Gasteiger partial charge in [-0.25, -0.2) is 0 Å². The molecule has 1 amide bonds. The van der Waals surface area contributed by atoms with Crippen LogP contribution >= 0.6 is 0 Å². The van der Waals surface area contributed by atoms with Crippen molar-refractivity contribution in [1.29, 1.82) is 0 Å². The van der Waals surface area contributed by atoms with Crippen LogP contribution in [0.1, 0.15) is 44.9 Å². The van der Waals surface area contributed by atoms with Crippen LogP contribution in [0.3, 0.4) is 0 Å². The number of hydrogen-bond donors (Lipinski definition) is 2. The molecular formula is C19H24N4O2. The van der Waals surface area contributed by atoms with Crippen molar-refractivity contribution in [3.8, 4) is 0 Å². The molecule has 0 spiro atoms. The van der Waals surface area contributed by atoms with Crippen molar-refractivity contribution in [2.75, 3.05) is 5.32 Å². The van der Waals surface area contributed by atoms with Crippen LogP contribution in [0.15, 0.2) is 18.2 Å². The van der Waals surface area contributed by atoms with E-state index in [2.05, 4.69) is 15.5 Å². The standard InChI is InChI=1S/C19H24N4O2/c1-23-21-15-3-2-14(5-16(15)22-23)20-17(24)10-18-6-12-4-13(7-18)9-19(25,8-12)11-18/h2-3,5,12-13,25H,4,6-11H2,1H3,(H,20,24). The lowest BCUT2D eigenvalue weighted by Gasteiger charge is -2.60. The highest BCUT2D eigenvalue weighted by molar-refractivity contribution is 5.93. The predicted molar refractivity (Wildman–Crippen MR) is 93.8 cm³/mol. The van der Waals surface area contributed by atoms with Crippen LogP contribution in [0, 0.1) is 17.3 Å². The average Bonchev–Trinajstić information content (AvgIpc) is 2.83. The third-order valence-corrected chi connectivity index (χ3v) is 6.45. The van der Waals surface area contributed by atoms with Gasteiger partial charge in [0, 0.05) is 19.2 Å². The fourth-order valence-electron chi connectivity index (χ4n) is 6.25. The molecule has 2 unspecified atom stereocenters. The molecule has 2 atom stereocenters. The zero-order chi connectivity index (χ0) is 17.2. The van der Waals surface area contributed by atoms with Gasteiger partial charge in [0.2, 0.25) is 5.91 Å². The van der Waals surface area contributed by atoms with E-state index in [1.54, 1.807) is 7.05 Å². The molecule has 1 aromatic heterocycles. The van der Waals surface area contributed by atoms with E-state index in [4.69, 9.17) is 0 Å². The van der Waals surface area contributed by atoms with Crippen LogP contribution in [0.2, 0.25) is 0 Å². The molecule has 132 valence electrons. The van der Waals surface area contributed by atoms with Gasteiger partial charge >= 0.3 is 0 Å². The number of nitrogens with one attached hydrogen (secondary N) is 1. The molecule has 4 aliphatic carbocycles. The summed E-state index contributed by atoms with van der Waals surface area (Å²) in [6.45, 7) is 0. The van der Waals surface area contributed by atoms with Gasteiger partial charge in [-0.05, 0) is 74.0 Å². The molecule has 1 heterocycles. The molecule has 6 heteroatoms. The number of aliphatic hydroxyl groups is 1. The van der Waals surface area contributed by atoms with Crippen molar-refractivity contribution < 1.29 is 9.90 Å². The van der Waals surface area contributed by atoms with Crippen LogP contribution in [0.25, 0.3) is 11.0 Å². The maximum absolute atomic E-state index is 12.7. The van der Waals surface area contributed by atoms with E-state index in [9.17, 15) is 9.90 Å². The van der Waals surface area contributed by atoms with Crippen LogP contribution < -0.4 is 5.32 Å². The Kier molecular flexibility index (Phi) is 3.08. The van der Waals surface area contributed by atoms with Gasteiger partial charge in [-0.15, -0.1) is 0 Å². The summed E-state index contributed by atoms with van der Waals surface area (Å²) in [6, 6.07) is 5.63. The predicted octanol–water partition coefficient (Wildman–Crippen LogP) is 2.63. The summed E-state index contributed by atoms with van der Waals surface area (Å²) >= 11 is 0. The van der Waals surface area contributed by atoms with Crippen LogP contribution in [0.5, 0.6) is 0 Å². The van der Waals surface area contributed by atoms with Gasteiger partial charge in [0.25, 0.3) is 0 Å². The molecule has 1 aromatic carbocycles. The van der Waals surface area contributed by atoms with E-state index < -0.39 is 5.60 Å².